The molecule has 1 nitrogen and oxygen atoms in total. The van der Waals surface area contributed by atoms with Gasteiger partial charge in [0.15, 0.2) is 0 Å². The minimum Gasteiger partial charge on any atom is -0.268 e. The summed E-state index contributed by atoms with van der Waals surface area (Å²) >= 11 is 0. The number of rotatable bonds is 1. The quantitative estimate of drug-likeness (QED) is 0.602. The molecule has 2 heteroatoms. The van der Waals surface area contributed by atoms with E-state index in [4.69, 9.17) is 0 Å². The van der Waals surface area contributed by atoms with Crippen molar-refractivity contribution in [2.24, 2.45) is 0 Å². The normalized spacial score (nSPS) is 10.9. The molecule has 0 aromatic carbocycles. The maximum Gasteiger partial charge on any atom is -0.00545 e. The highest BCUT2D eigenvalue weighted by Crippen LogP contribution is 2.32. The molecule has 0 fully saturated rings. The Kier molecular flexibility index (Phi) is 2.18. The molecule has 0 radical (unpaired) electrons. The van der Waals surface area contributed by atoms with Crippen molar-refractivity contribution in [1.29, 1.82) is 0 Å². The Labute approximate surface area is 63.8 Å². The lowest BCUT2D eigenvalue weighted by Gasteiger charge is -2.05. The molecular weight excluding hydrogens is 141 g/mol. The van der Waals surface area contributed by atoms with Gasteiger partial charge in [-0.15, -0.1) is 0 Å². The lowest BCUT2D eigenvalue weighted by molar-refractivity contribution is 1.27. The topological polar surface area (TPSA) is 3.24 Å². The highest BCUT2D eigenvalue weighted by Gasteiger charge is 1.99. The molecule has 0 amide bonds. The molecular formula is C8H14NP. The van der Waals surface area contributed by atoms with Crippen molar-refractivity contribution in [2.75, 3.05) is 18.8 Å². The van der Waals surface area contributed by atoms with Crippen LogP contribution in [0.25, 0.3) is 0 Å². The summed E-state index contributed by atoms with van der Waals surface area (Å²) in [7, 11) is 4.19. The summed E-state index contributed by atoms with van der Waals surface area (Å²) in [4.78, 5) is 0. The zero-order valence-electron chi connectivity index (χ0n) is 7.05. The summed E-state index contributed by atoms with van der Waals surface area (Å²) in [6.07, 6.45) is 0. The van der Waals surface area contributed by atoms with Crippen LogP contribution in [0.5, 0.6) is 0 Å². The molecule has 10 heavy (non-hydrogen) atoms. The van der Waals surface area contributed by atoms with Gasteiger partial charge in [0.05, 0.1) is 0 Å². The summed E-state index contributed by atoms with van der Waals surface area (Å²) in [5.41, 5.74) is 2.89. The van der Waals surface area contributed by atoms with E-state index in [-0.39, 0.29) is 7.68 Å². The molecule has 1 heterocycles. The van der Waals surface area contributed by atoms with Gasteiger partial charge in [-0.3, -0.25) is 4.67 Å². The molecule has 0 bridgehead atoms. The van der Waals surface area contributed by atoms with Crippen LogP contribution in [0.4, 0.5) is 0 Å². The van der Waals surface area contributed by atoms with E-state index in [2.05, 4.69) is 44.2 Å². The van der Waals surface area contributed by atoms with Gasteiger partial charge < -0.3 is 0 Å². The first kappa shape index (κ1) is 7.84. The van der Waals surface area contributed by atoms with Crippen LogP contribution in [0.3, 0.4) is 0 Å². The molecule has 0 atom stereocenters. The molecule has 0 aliphatic carbocycles. The SMILES string of the molecule is Cc1cp(N(C)C)cc1C. The van der Waals surface area contributed by atoms with Gasteiger partial charge in [0, 0.05) is 0 Å². The zero-order valence-corrected chi connectivity index (χ0v) is 7.94. The molecule has 0 saturated heterocycles. The smallest absolute Gasteiger partial charge is 0.00545 e. The van der Waals surface area contributed by atoms with Gasteiger partial charge in [0.2, 0.25) is 0 Å². The maximum absolute atomic E-state index is 2.35. The molecule has 1 aromatic rings. The Morgan fingerprint density at radius 2 is 1.50 bits per heavy atom. The summed E-state index contributed by atoms with van der Waals surface area (Å²) in [6, 6.07) is 0. The van der Waals surface area contributed by atoms with Gasteiger partial charge in [0.1, 0.15) is 0 Å². The Bertz CT molecular complexity index is 206. The van der Waals surface area contributed by atoms with E-state index in [0.717, 1.165) is 0 Å². The lowest BCUT2D eigenvalue weighted by Crippen LogP contribution is -2.01. The number of aryl methyl sites for hydroxylation is 2. The first-order valence-corrected chi connectivity index (χ1v) is 4.87. The monoisotopic (exact) mass is 155 g/mol. The fourth-order valence-electron chi connectivity index (χ4n) is 0.869. The van der Waals surface area contributed by atoms with Crippen molar-refractivity contribution in [2.45, 2.75) is 13.8 Å². The standard InChI is InChI=1S/C8H14NP/c1-7-5-10(9(3)4)6-8(7)2/h5-6H,1-4H3. The Hall–Kier alpha value is -0.260. The third-order valence-electron chi connectivity index (χ3n) is 1.74. The maximum atomic E-state index is 2.35. The van der Waals surface area contributed by atoms with E-state index in [1.54, 1.807) is 0 Å². The van der Waals surface area contributed by atoms with E-state index < -0.39 is 0 Å². The second kappa shape index (κ2) is 2.77. The zero-order chi connectivity index (χ0) is 7.72. The van der Waals surface area contributed by atoms with E-state index in [1.807, 2.05) is 0 Å². The third-order valence-corrected chi connectivity index (χ3v) is 3.96. The predicted molar refractivity (Wildman–Crippen MR) is 48.7 cm³/mol. The van der Waals surface area contributed by atoms with E-state index >= 15 is 0 Å². The van der Waals surface area contributed by atoms with Crippen LogP contribution < -0.4 is 4.67 Å². The van der Waals surface area contributed by atoms with Crippen molar-refractivity contribution in [3.05, 3.63) is 22.7 Å². The van der Waals surface area contributed by atoms with E-state index in [9.17, 15) is 0 Å². The van der Waals surface area contributed by atoms with Crippen LogP contribution in [0.15, 0.2) is 11.6 Å². The van der Waals surface area contributed by atoms with Crippen molar-refractivity contribution in [3.63, 3.8) is 0 Å². The molecule has 0 unspecified atom stereocenters. The Balaban J connectivity index is 2.98. The minimum absolute atomic E-state index is 0.0736. The predicted octanol–water partition coefficient (Wildman–Crippen LogP) is 2.49. The molecule has 0 aliphatic heterocycles. The highest BCUT2D eigenvalue weighted by atomic mass is 31.1. The van der Waals surface area contributed by atoms with Gasteiger partial charge in [-0.2, -0.15) is 0 Å². The van der Waals surface area contributed by atoms with Gasteiger partial charge >= 0.3 is 0 Å². The van der Waals surface area contributed by atoms with Gasteiger partial charge in [-0.25, -0.2) is 0 Å². The molecule has 1 rings (SSSR count). The van der Waals surface area contributed by atoms with Crippen molar-refractivity contribution >= 4 is 7.68 Å². The largest absolute Gasteiger partial charge is 0.268 e. The second-order valence-electron chi connectivity index (χ2n) is 2.85. The third kappa shape index (κ3) is 1.42. The van der Waals surface area contributed by atoms with Crippen LogP contribution in [0, 0.1) is 13.8 Å². The van der Waals surface area contributed by atoms with E-state index in [1.165, 1.54) is 11.1 Å². The van der Waals surface area contributed by atoms with Crippen molar-refractivity contribution < 1.29 is 0 Å². The van der Waals surface area contributed by atoms with Crippen LogP contribution in [0.2, 0.25) is 0 Å². The minimum atomic E-state index is -0.0736. The first-order chi connectivity index (χ1) is 4.61. The summed E-state index contributed by atoms with van der Waals surface area (Å²) < 4.78 is 2.27. The fourth-order valence-corrected chi connectivity index (χ4v) is 2.61. The molecule has 0 N–H and O–H groups in total. The first-order valence-electron chi connectivity index (χ1n) is 3.44. The molecule has 0 spiro atoms. The molecule has 1 aromatic heterocycles. The Morgan fingerprint density at radius 1 is 1.10 bits per heavy atom. The average molecular weight is 155 g/mol. The van der Waals surface area contributed by atoms with Crippen molar-refractivity contribution in [1.82, 2.24) is 0 Å². The fraction of sp³-hybridized carbons (Fsp3) is 0.500. The summed E-state index contributed by atoms with van der Waals surface area (Å²) in [5.74, 6) is 4.70. The Morgan fingerprint density at radius 3 is 1.70 bits per heavy atom. The van der Waals surface area contributed by atoms with Gasteiger partial charge in [0.25, 0.3) is 0 Å². The van der Waals surface area contributed by atoms with E-state index in [0.29, 0.717) is 0 Å². The van der Waals surface area contributed by atoms with Crippen molar-refractivity contribution in [3.8, 4) is 0 Å². The molecule has 0 saturated carbocycles. The highest BCUT2D eigenvalue weighted by molar-refractivity contribution is 7.50. The van der Waals surface area contributed by atoms with Crippen LogP contribution in [0.1, 0.15) is 11.1 Å². The second-order valence-corrected chi connectivity index (χ2v) is 4.93. The lowest BCUT2D eigenvalue weighted by atomic mass is 10.2. The average Bonchev–Trinajstić information content (AvgIpc) is 2.13. The van der Waals surface area contributed by atoms with Crippen LogP contribution in [-0.4, -0.2) is 14.1 Å². The van der Waals surface area contributed by atoms with Gasteiger partial charge in [-0.1, -0.05) is 7.68 Å². The number of nitrogens with zero attached hydrogens (tertiary/aromatic N) is 1. The van der Waals surface area contributed by atoms with Crippen LogP contribution in [-0.2, 0) is 0 Å². The number of hydrogen-bond donors (Lipinski definition) is 0. The molecule has 56 valence electrons. The summed E-state index contributed by atoms with van der Waals surface area (Å²) in [5, 5.41) is 0. The van der Waals surface area contributed by atoms with Crippen LogP contribution >= 0.6 is 7.68 Å². The molecule has 0 aliphatic rings. The van der Waals surface area contributed by atoms with Gasteiger partial charge in [-0.05, 0) is 50.7 Å². The summed E-state index contributed by atoms with van der Waals surface area (Å²) in [6.45, 7) is 4.36. The number of hydrogen-bond acceptors (Lipinski definition) is 1.